The van der Waals surface area contributed by atoms with Gasteiger partial charge in [-0.05, 0) is 30.7 Å². The predicted octanol–water partition coefficient (Wildman–Crippen LogP) is 4.28. The van der Waals surface area contributed by atoms with Gasteiger partial charge in [0, 0.05) is 9.37 Å². The van der Waals surface area contributed by atoms with Gasteiger partial charge in [-0.3, -0.25) is 0 Å². The van der Waals surface area contributed by atoms with Crippen LogP contribution in [0.4, 0.5) is 0 Å². The SMILES string of the molecule is CCC(=S)Sc1ccc(Br)cc1. The summed E-state index contributed by atoms with van der Waals surface area (Å²) in [5, 5.41) is 0. The lowest BCUT2D eigenvalue weighted by Gasteiger charge is -1.99. The molecule has 0 saturated heterocycles. The quantitative estimate of drug-likeness (QED) is 0.575. The smallest absolute Gasteiger partial charge is 0.0524 e. The van der Waals surface area contributed by atoms with Crippen LogP contribution < -0.4 is 0 Å². The van der Waals surface area contributed by atoms with Gasteiger partial charge in [0.2, 0.25) is 0 Å². The number of thiocarbonyl (C=S) groups is 1. The van der Waals surface area contributed by atoms with E-state index in [0.29, 0.717) is 0 Å². The summed E-state index contributed by atoms with van der Waals surface area (Å²) >= 11 is 10.2. The zero-order valence-corrected chi connectivity index (χ0v) is 9.93. The molecule has 0 aliphatic rings. The number of rotatable bonds is 2. The van der Waals surface area contributed by atoms with E-state index >= 15 is 0 Å². The van der Waals surface area contributed by atoms with Crippen molar-refractivity contribution in [3.05, 3.63) is 28.7 Å². The van der Waals surface area contributed by atoms with E-state index in [9.17, 15) is 0 Å². The number of hydrogen-bond acceptors (Lipinski definition) is 2. The Labute approximate surface area is 90.9 Å². The van der Waals surface area contributed by atoms with Gasteiger partial charge in [-0.2, -0.15) is 0 Å². The van der Waals surface area contributed by atoms with E-state index in [0.717, 1.165) is 15.1 Å². The Hall–Kier alpha value is 0.140. The summed E-state index contributed by atoms with van der Waals surface area (Å²) in [6, 6.07) is 8.19. The van der Waals surface area contributed by atoms with Crippen molar-refractivity contribution >= 4 is 44.1 Å². The maximum Gasteiger partial charge on any atom is 0.0524 e. The molecule has 0 amide bonds. The van der Waals surface area contributed by atoms with Crippen molar-refractivity contribution in [3.8, 4) is 0 Å². The zero-order chi connectivity index (χ0) is 8.97. The first-order valence-corrected chi connectivity index (χ1v) is 5.70. The van der Waals surface area contributed by atoms with E-state index < -0.39 is 0 Å². The van der Waals surface area contributed by atoms with E-state index in [4.69, 9.17) is 12.2 Å². The number of halogens is 1. The fourth-order valence-corrected chi connectivity index (χ4v) is 1.94. The Morgan fingerprint density at radius 3 is 2.50 bits per heavy atom. The fraction of sp³-hybridized carbons (Fsp3) is 0.222. The molecule has 0 aromatic heterocycles. The van der Waals surface area contributed by atoms with Crippen LogP contribution in [-0.4, -0.2) is 4.20 Å². The van der Waals surface area contributed by atoms with Crippen LogP contribution in [0.2, 0.25) is 0 Å². The molecule has 0 nitrogen and oxygen atoms in total. The lowest BCUT2D eigenvalue weighted by Crippen LogP contribution is -1.82. The second-order valence-corrected chi connectivity index (χ2v) is 5.12. The summed E-state index contributed by atoms with van der Waals surface area (Å²) in [5.74, 6) is 0. The minimum absolute atomic E-state index is 0.954. The van der Waals surface area contributed by atoms with Gasteiger partial charge in [0.15, 0.2) is 0 Å². The highest BCUT2D eigenvalue weighted by atomic mass is 79.9. The minimum atomic E-state index is 0.954. The van der Waals surface area contributed by atoms with E-state index in [1.54, 1.807) is 11.8 Å². The van der Waals surface area contributed by atoms with Gasteiger partial charge in [-0.15, -0.1) is 0 Å². The molecule has 0 aliphatic carbocycles. The van der Waals surface area contributed by atoms with Crippen LogP contribution in [0.1, 0.15) is 13.3 Å². The average Bonchev–Trinajstić information content (AvgIpc) is 2.09. The zero-order valence-electron chi connectivity index (χ0n) is 6.71. The van der Waals surface area contributed by atoms with Crippen LogP contribution in [0.15, 0.2) is 33.6 Å². The summed E-state index contributed by atoms with van der Waals surface area (Å²) in [6.45, 7) is 2.08. The molecule has 0 heterocycles. The summed E-state index contributed by atoms with van der Waals surface area (Å²) in [7, 11) is 0. The third-order valence-electron chi connectivity index (χ3n) is 1.33. The number of hydrogen-bond donors (Lipinski definition) is 0. The molecule has 1 aromatic carbocycles. The van der Waals surface area contributed by atoms with Gasteiger partial charge >= 0.3 is 0 Å². The third-order valence-corrected chi connectivity index (χ3v) is 3.43. The Bertz CT molecular complexity index is 266. The van der Waals surface area contributed by atoms with Crippen molar-refractivity contribution in [2.24, 2.45) is 0 Å². The second kappa shape index (κ2) is 5.00. The fourth-order valence-electron chi connectivity index (χ4n) is 0.706. The van der Waals surface area contributed by atoms with Gasteiger partial charge in [0.05, 0.1) is 4.20 Å². The lowest BCUT2D eigenvalue weighted by molar-refractivity contribution is 1.34. The molecule has 0 saturated carbocycles. The molecule has 0 atom stereocenters. The molecule has 0 bridgehead atoms. The summed E-state index contributed by atoms with van der Waals surface area (Å²) < 4.78 is 2.14. The van der Waals surface area contributed by atoms with Crippen molar-refractivity contribution in [3.63, 3.8) is 0 Å². The Kier molecular flexibility index (Phi) is 4.26. The van der Waals surface area contributed by atoms with Gasteiger partial charge in [0.25, 0.3) is 0 Å². The van der Waals surface area contributed by atoms with Gasteiger partial charge in [-0.1, -0.05) is 46.8 Å². The van der Waals surface area contributed by atoms with Crippen LogP contribution >= 0.6 is 39.9 Å². The molecule has 1 aromatic rings. The van der Waals surface area contributed by atoms with Crippen molar-refractivity contribution in [2.75, 3.05) is 0 Å². The summed E-state index contributed by atoms with van der Waals surface area (Å²) in [5.41, 5.74) is 0. The first kappa shape index (κ1) is 10.2. The van der Waals surface area contributed by atoms with Crippen LogP contribution in [0.25, 0.3) is 0 Å². The van der Waals surface area contributed by atoms with Crippen molar-refractivity contribution < 1.29 is 0 Å². The first-order chi connectivity index (χ1) is 5.72. The number of thioether (sulfide) groups is 1. The molecule has 0 N–H and O–H groups in total. The van der Waals surface area contributed by atoms with Crippen molar-refractivity contribution in [1.82, 2.24) is 0 Å². The third kappa shape index (κ3) is 3.25. The Morgan fingerprint density at radius 1 is 1.42 bits per heavy atom. The van der Waals surface area contributed by atoms with Crippen LogP contribution in [0.5, 0.6) is 0 Å². The van der Waals surface area contributed by atoms with Crippen molar-refractivity contribution in [2.45, 2.75) is 18.2 Å². The molecule has 0 radical (unpaired) electrons. The molecule has 3 heteroatoms. The van der Waals surface area contributed by atoms with Gasteiger partial charge < -0.3 is 0 Å². The van der Waals surface area contributed by atoms with Gasteiger partial charge in [-0.25, -0.2) is 0 Å². The second-order valence-electron chi connectivity index (χ2n) is 2.28. The molecule has 0 aliphatic heterocycles. The maximum atomic E-state index is 5.12. The highest BCUT2D eigenvalue weighted by Gasteiger charge is 1.96. The molecular formula is C9H9BrS2. The van der Waals surface area contributed by atoms with Crippen LogP contribution in [-0.2, 0) is 0 Å². The monoisotopic (exact) mass is 260 g/mol. The summed E-state index contributed by atoms with van der Waals surface area (Å²) in [4.78, 5) is 1.21. The van der Waals surface area contributed by atoms with E-state index in [1.807, 2.05) is 12.1 Å². The molecule has 12 heavy (non-hydrogen) atoms. The largest absolute Gasteiger partial charge is 0.0828 e. The first-order valence-electron chi connectivity index (χ1n) is 3.68. The molecule has 64 valence electrons. The van der Waals surface area contributed by atoms with Gasteiger partial charge in [0.1, 0.15) is 0 Å². The van der Waals surface area contributed by atoms with Crippen molar-refractivity contribution in [1.29, 1.82) is 0 Å². The molecular weight excluding hydrogens is 252 g/mol. The molecule has 1 rings (SSSR count). The lowest BCUT2D eigenvalue weighted by atomic mass is 10.4. The van der Waals surface area contributed by atoms with E-state index in [2.05, 4.69) is 35.0 Å². The van der Waals surface area contributed by atoms with Crippen LogP contribution in [0.3, 0.4) is 0 Å². The highest BCUT2D eigenvalue weighted by molar-refractivity contribution is 9.10. The predicted molar refractivity (Wildman–Crippen MR) is 62.9 cm³/mol. The maximum absolute atomic E-state index is 5.12. The summed E-state index contributed by atoms with van der Waals surface area (Å²) in [6.07, 6.45) is 0.954. The Morgan fingerprint density at radius 2 is 2.00 bits per heavy atom. The van der Waals surface area contributed by atoms with E-state index in [1.165, 1.54) is 4.90 Å². The molecule has 0 fully saturated rings. The normalized spacial score (nSPS) is 9.83. The standard InChI is InChI=1S/C9H9BrS2/c1-2-9(11)12-8-5-3-7(10)4-6-8/h3-6H,2H2,1H3. The molecule has 0 spiro atoms. The minimum Gasteiger partial charge on any atom is -0.0828 e. The number of benzene rings is 1. The van der Waals surface area contributed by atoms with Crippen LogP contribution in [0, 0.1) is 0 Å². The van der Waals surface area contributed by atoms with E-state index in [-0.39, 0.29) is 0 Å². The average molecular weight is 261 g/mol. The highest BCUT2D eigenvalue weighted by Crippen LogP contribution is 2.22. The topological polar surface area (TPSA) is 0 Å². The Balaban J connectivity index is 2.64. The molecule has 0 unspecified atom stereocenters.